The van der Waals surface area contributed by atoms with E-state index in [1.807, 2.05) is 27.7 Å². The summed E-state index contributed by atoms with van der Waals surface area (Å²) in [7, 11) is 0. The van der Waals surface area contributed by atoms with E-state index in [-0.39, 0.29) is 18.7 Å². The number of carbonyl (C=O) groups is 1. The number of ether oxygens (including phenoxy) is 2. The van der Waals surface area contributed by atoms with Crippen LogP contribution in [0.15, 0.2) is 0 Å². The molecule has 2 aliphatic heterocycles. The van der Waals surface area contributed by atoms with Crippen LogP contribution in [0.25, 0.3) is 0 Å². The van der Waals surface area contributed by atoms with E-state index in [9.17, 15) is 9.90 Å². The van der Waals surface area contributed by atoms with E-state index in [0.29, 0.717) is 61.8 Å². The normalized spacial score (nSPS) is 24.4. The molecular weight excluding hydrogens is 422 g/mol. The maximum atomic E-state index is 12.5. The molecule has 2 aliphatic rings. The number of morpholine rings is 1. The zero-order chi connectivity index (χ0) is 22.8. The van der Waals surface area contributed by atoms with Gasteiger partial charge in [-0.15, -0.1) is 0 Å². The number of halogens is 1. The van der Waals surface area contributed by atoms with Gasteiger partial charge in [-0.05, 0) is 41.0 Å². The summed E-state index contributed by atoms with van der Waals surface area (Å²) < 4.78 is 11.0. The smallest absolute Gasteiger partial charge is 0.410 e. The van der Waals surface area contributed by atoms with E-state index in [2.05, 4.69) is 22.1 Å². The molecule has 10 heteroatoms. The molecule has 3 rings (SSSR count). The second-order valence-corrected chi connectivity index (χ2v) is 9.93. The summed E-state index contributed by atoms with van der Waals surface area (Å²) in [4.78, 5) is 25.6. The molecule has 9 nitrogen and oxygen atoms in total. The van der Waals surface area contributed by atoms with E-state index in [1.54, 1.807) is 4.90 Å². The monoisotopic (exact) mass is 455 g/mol. The lowest BCUT2D eigenvalue weighted by Gasteiger charge is -2.34. The first-order chi connectivity index (χ1) is 14.5. The largest absolute Gasteiger partial charge is 0.444 e. The first-order valence-corrected chi connectivity index (χ1v) is 11.2. The molecule has 0 bridgehead atoms. The number of rotatable bonds is 5. The second-order valence-electron chi connectivity index (χ2n) is 9.57. The Morgan fingerprint density at radius 1 is 1.39 bits per heavy atom. The summed E-state index contributed by atoms with van der Waals surface area (Å²) in [5.41, 5.74) is -0.278. The zero-order valence-electron chi connectivity index (χ0n) is 19.1. The fourth-order valence-electron chi connectivity index (χ4n) is 3.87. The average Bonchev–Trinajstić information content (AvgIpc) is 3.05. The molecule has 2 fully saturated rings. The van der Waals surface area contributed by atoms with E-state index in [1.165, 1.54) is 0 Å². The molecule has 1 amide bonds. The highest BCUT2D eigenvalue weighted by atomic mass is 35.5. The Kier molecular flexibility index (Phi) is 7.18. The molecule has 3 heterocycles. The summed E-state index contributed by atoms with van der Waals surface area (Å²) in [6, 6.07) is 0.131. The Balaban J connectivity index is 1.83. The van der Waals surface area contributed by atoms with Crippen LogP contribution in [0.2, 0.25) is 5.15 Å². The van der Waals surface area contributed by atoms with Crippen molar-refractivity contribution in [1.82, 2.24) is 14.9 Å². The number of aliphatic hydroxyl groups is 1. The lowest BCUT2D eigenvalue weighted by atomic mass is 10.0. The van der Waals surface area contributed by atoms with Crippen molar-refractivity contribution in [3.63, 3.8) is 0 Å². The van der Waals surface area contributed by atoms with E-state index in [0.717, 1.165) is 6.42 Å². The van der Waals surface area contributed by atoms with Gasteiger partial charge in [-0.2, -0.15) is 4.98 Å². The fraction of sp³-hybridized carbons (Fsp3) is 0.762. The zero-order valence-corrected chi connectivity index (χ0v) is 19.8. The molecule has 0 saturated carbocycles. The molecule has 1 aromatic heterocycles. The van der Waals surface area contributed by atoms with Crippen LogP contribution < -0.4 is 10.2 Å². The average molecular weight is 456 g/mol. The quantitative estimate of drug-likeness (QED) is 0.653. The van der Waals surface area contributed by atoms with Crippen LogP contribution in [0.5, 0.6) is 0 Å². The highest BCUT2D eigenvalue weighted by Gasteiger charge is 2.39. The van der Waals surface area contributed by atoms with Crippen molar-refractivity contribution < 1.29 is 19.4 Å². The van der Waals surface area contributed by atoms with E-state index < -0.39 is 11.1 Å². The molecule has 0 spiro atoms. The first kappa shape index (κ1) is 23.8. The van der Waals surface area contributed by atoms with Gasteiger partial charge in [-0.1, -0.05) is 11.6 Å². The van der Waals surface area contributed by atoms with Gasteiger partial charge in [0.25, 0.3) is 0 Å². The maximum Gasteiger partial charge on any atom is 0.410 e. The summed E-state index contributed by atoms with van der Waals surface area (Å²) in [6.07, 6.45) is 0.749. The molecule has 0 aromatic carbocycles. The number of nitrogens with one attached hydrogen (secondary N) is 1. The highest BCUT2D eigenvalue weighted by molar-refractivity contribution is 6.30. The van der Waals surface area contributed by atoms with Gasteiger partial charge in [0.1, 0.15) is 16.6 Å². The number of aliphatic hydroxyl groups excluding tert-OH is 1. The van der Waals surface area contributed by atoms with Crippen LogP contribution >= 0.6 is 11.6 Å². The van der Waals surface area contributed by atoms with Gasteiger partial charge in [0.2, 0.25) is 5.95 Å². The Bertz CT molecular complexity index is 803. The van der Waals surface area contributed by atoms with Gasteiger partial charge >= 0.3 is 6.09 Å². The van der Waals surface area contributed by atoms with Crippen molar-refractivity contribution in [2.75, 3.05) is 49.7 Å². The number of hydrogen-bond acceptors (Lipinski definition) is 8. The first-order valence-electron chi connectivity index (χ1n) is 10.8. The van der Waals surface area contributed by atoms with Crippen molar-refractivity contribution >= 4 is 29.5 Å². The van der Waals surface area contributed by atoms with Gasteiger partial charge in [0.05, 0.1) is 24.8 Å². The number of amides is 1. The van der Waals surface area contributed by atoms with Gasteiger partial charge in [0.15, 0.2) is 0 Å². The number of anilines is 2. The van der Waals surface area contributed by atoms with Gasteiger partial charge in [-0.25, -0.2) is 9.78 Å². The van der Waals surface area contributed by atoms with Crippen molar-refractivity contribution in [3.05, 3.63) is 10.7 Å². The van der Waals surface area contributed by atoms with Gasteiger partial charge in [-0.3, -0.25) is 0 Å². The molecule has 1 aromatic rings. The molecule has 174 valence electrons. The Labute approximate surface area is 189 Å². The Morgan fingerprint density at radius 2 is 2.13 bits per heavy atom. The van der Waals surface area contributed by atoms with E-state index in [4.69, 9.17) is 26.1 Å². The second kappa shape index (κ2) is 9.34. The number of carbonyl (C=O) groups excluding carboxylic acids is 1. The number of aromatic nitrogens is 2. The predicted molar refractivity (Wildman–Crippen MR) is 120 cm³/mol. The van der Waals surface area contributed by atoms with Crippen molar-refractivity contribution in [2.45, 2.75) is 64.6 Å². The molecular formula is C21H34ClN5O4. The van der Waals surface area contributed by atoms with Crippen molar-refractivity contribution in [1.29, 1.82) is 0 Å². The number of likely N-dealkylation sites (tertiary alicyclic amines) is 1. The molecule has 0 radical (unpaired) electrons. The summed E-state index contributed by atoms with van der Waals surface area (Å²) in [5.74, 6) is 1.13. The Hall–Kier alpha value is -1.84. The summed E-state index contributed by atoms with van der Waals surface area (Å²) >= 11 is 6.52. The lowest BCUT2D eigenvalue weighted by Crippen LogP contribution is -2.45. The lowest BCUT2D eigenvalue weighted by molar-refractivity contribution is 0.0287. The predicted octanol–water partition coefficient (Wildman–Crippen LogP) is 2.70. The molecule has 2 atom stereocenters. The SMILES string of the molecule is C[C@H]1COCCN1c1nc(Cl)c(CCO)c(N[C@@]2(C)CCN(C(=O)OC(C)(C)C)C2)n1. The molecule has 0 aliphatic carbocycles. The third-order valence-electron chi connectivity index (χ3n) is 5.48. The van der Waals surface area contributed by atoms with Crippen molar-refractivity contribution in [2.24, 2.45) is 0 Å². The minimum atomic E-state index is -0.540. The topological polar surface area (TPSA) is 100 Å². The molecule has 2 saturated heterocycles. The van der Waals surface area contributed by atoms with Crippen LogP contribution in [-0.4, -0.2) is 82.7 Å². The van der Waals surface area contributed by atoms with Gasteiger partial charge in [0, 0.05) is 38.2 Å². The van der Waals surface area contributed by atoms with Crippen LogP contribution in [-0.2, 0) is 15.9 Å². The van der Waals surface area contributed by atoms with E-state index >= 15 is 0 Å². The summed E-state index contributed by atoms with van der Waals surface area (Å²) in [6.45, 7) is 12.6. The van der Waals surface area contributed by atoms with Crippen LogP contribution in [0.4, 0.5) is 16.6 Å². The van der Waals surface area contributed by atoms with Crippen molar-refractivity contribution in [3.8, 4) is 0 Å². The number of hydrogen-bond donors (Lipinski definition) is 2. The third-order valence-corrected chi connectivity index (χ3v) is 5.79. The summed E-state index contributed by atoms with van der Waals surface area (Å²) in [5, 5.41) is 13.4. The highest BCUT2D eigenvalue weighted by Crippen LogP contribution is 2.32. The standard InChI is InChI=1S/C21H34ClN5O4/c1-14-12-30-11-9-27(14)18-23-16(22)15(6-10-28)17(24-18)25-21(5)7-8-26(13-21)19(29)31-20(2,3)4/h14,28H,6-13H2,1-5H3,(H,23,24,25)/t14-,21-/m0/s1. The third kappa shape index (κ3) is 5.90. The Morgan fingerprint density at radius 3 is 2.77 bits per heavy atom. The van der Waals surface area contributed by atoms with Crippen LogP contribution in [0, 0.1) is 0 Å². The minimum Gasteiger partial charge on any atom is -0.444 e. The van der Waals surface area contributed by atoms with Gasteiger partial charge < -0.3 is 29.7 Å². The molecule has 31 heavy (non-hydrogen) atoms. The maximum absolute atomic E-state index is 12.5. The number of nitrogens with zero attached hydrogens (tertiary/aromatic N) is 4. The molecule has 0 unspecified atom stereocenters. The molecule has 2 N–H and O–H groups in total. The van der Waals surface area contributed by atoms with Crippen LogP contribution in [0.1, 0.15) is 46.6 Å². The fourth-order valence-corrected chi connectivity index (χ4v) is 4.13. The van der Waals surface area contributed by atoms with Crippen LogP contribution in [0.3, 0.4) is 0 Å². The minimum absolute atomic E-state index is 0.0637.